The average molecular weight is 530 g/mol. The summed E-state index contributed by atoms with van der Waals surface area (Å²) in [5, 5.41) is 3.50. The molecule has 0 unspecified atom stereocenters. The molecule has 1 aliphatic heterocycles. The van der Waals surface area contributed by atoms with Crippen molar-refractivity contribution in [1.29, 1.82) is 0 Å². The van der Waals surface area contributed by atoms with Gasteiger partial charge in [-0.25, -0.2) is 0 Å². The van der Waals surface area contributed by atoms with E-state index in [2.05, 4.69) is 71.5 Å². The third kappa shape index (κ3) is 6.36. The van der Waals surface area contributed by atoms with E-state index in [0.717, 1.165) is 31.4 Å². The zero-order valence-electron chi connectivity index (χ0n) is 23.4. The number of aryl methyl sites for hydroxylation is 1. The van der Waals surface area contributed by atoms with Crippen LogP contribution < -0.4 is 19.5 Å². The van der Waals surface area contributed by atoms with Gasteiger partial charge in [0.1, 0.15) is 12.4 Å². The molecule has 2 aromatic carbocycles. The van der Waals surface area contributed by atoms with Crippen LogP contribution in [0.5, 0.6) is 17.5 Å². The molecule has 1 amide bonds. The quantitative estimate of drug-likeness (QED) is 0.390. The van der Waals surface area contributed by atoms with E-state index in [1.165, 1.54) is 22.3 Å². The third-order valence-electron chi connectivity index (χ3n) is 8.08. The largest absolute Gasteiger partial charge is 0.489 e. The van der Waals surface area contributed by atoms with E-state index in [0.29, 0.717) is 43.2 Å². The molecule has 0 bridgehead atoms. The molecule has 2 fully saturated rings. The minimum Gasteiger partial charge on any atom is -0.489 e. The normalized spacial score (nSPS) is 18.9. The van der Waals surface area contributed by atoms with Gasteiger partial charge in [-0.1, -0.05) is 42.5 Å². The van der Waals surface area contributed by atoms with Crippen molar-refractivity contribution in [3.05, 3.63) is 82.4 Å². The van der Waals surface area contributed by atoms with E-state index >= 15 is 0 Å². The standard InChI is InChI=1S/C32H39N3O4/c1-21-7-5-10-25(22(21)2)19-35(26-11-12-26)32(36)29-18-33-14-13-28(29)24-9-6-8-23(15-24)20-39-27-16-30(37-3)34-31(17-27)38-4/h5-10,15-17,26,28-29,33H,11-14,18-20H2,1-4H3/t28-,29+/m1/s1. The van der Waals surface area contributed by atoms with Gasteiger partial charge in [0.15, 0.2) is 0 Å². The number of aromatic nitrogens is 1. The van der Waals surface area contributed by atoms with Crippen molar-refractivity contribution in [3.63, 3.8) is 0 Å². The fourth-order valence-electron chi connectivity index (χ4n) is 5.50. The molecular weight excluding hydrogens is 490 g/mol. The topological polar surface area (TPSA) is 72.9 Å². The predicted octanol–water partition coefficient (Wildman–Crippen LogP) is 5.18. The van der Waals surface area contributed by atoms with Gasteiger partial charge in [0, 0.05) is 31.3 Å². The Labute approximate surface area is 231 Å². The Kier molecular flexibility index (Phi) is 8.36. The van der Waals surface area contributed by atoms with Crippen LogP contribution in [0.3, 0.4) is 0 Å². The molecule has 7 nitrogen and oxygen atoms in total. The van der Waals surface area contributed by atoms with Crippen LogP contribution in [0.4, 0.5) is 0 Å². The maximum absolute atomic E-state index is 14.1. The molecule has 1 aromatic heterocycles. The molecule has 5 rings (SSSR count). The minimum atomic E-state index is -0.0886. The third-order valence-corrected chi connectivity index (χ3v) is 8.08. The summed E-state index contributed by atoms with van der Waals surface area (Å²) in [6.07, 6.45) is 3.12. The second-order valence-electron chi connectivity index (χ2n) is 10.7. The number of nitrogens with zero attached hydrogens (tertiary/aromatic N) is 2. The van der Waals surface area contributed by atoms with Crippen LogP contribution in [0, 0.1) is 19.8 Å². The van der Waals surface area contributed by atoms with E-state index in [-0.39, 0.29) is 17.7 Å². The predicted molar refractivity (Wildman–Crippen MR) is 151 cm³/mol. The Bertz CT molecular complexity index is 1280. The number of hydrogen-bond donors (Lipinski definition) is 1. The molecule has 206 valence electrons. The second kappa shape index (κ2) is 12.1. The van der Waals surface area contributed by atoms with Crippen LogP contribution in [0.25, 0.3) is 0 Å². The molecule has 1 saturated carbocycles. The zero-order valence-corrected chi connectivity index (χ0v) is 23.4. The highest BCUT2D eigenvalue weighted by Gasteiger charge is 2.40. The number of ether oxygens (including phenoxy) is 3. The molecule has 1 saturated heterocycles. The highest BCUT2D eigenvalue weighted by atomic mass is 16.5. The number of methoxy groups -OCH3 is 2. The van der Waals surface area contributed by atoms with Crippen molar-refractivity contribution in [3.8, 4) is 17.5 Å². The lowest BCUT2D eigenvalue weighted by Gasteiger charge is -2.36. The van der Waals surface area contributed by atoms with Crippen molar-refractivity contribution >= 4 is 5.91 Å². The summed E-state index contributed by atoms with van der Waals surface area (Å²) in [4.78, 5) is 20.5. The molecule has 7 heteroatoms. The first-order chi connectivity index (χ1) is 19.0. The molecule has 2 atom stereocenters. The van der Waals surface area contributed by atoms with Crippen molar-refractivity contribution < 1.29 is 19.0 Å². The van der Waals surface area contributed by atoms with Crippen LogP contribution in [-0.4, -0.2) is 49.1 Å². The fourth-order valence-corrected chi connectivity index (χ4v) is 5.50. The fraction of sp³-hybridized carbons (Fsp3) is 0.438. The zero-order chi connectivity index (χ0) is 27.4. The van der Waals surface area contributed by atoms with Crippen LogP contribution in [0.1, 0.15) is 53.0 Å². The SMILES string of the molecule is COc1cc(OCc2cccc([C@H]3CCNC[C@@H]3C(=O)N(Cc3cccc(C)c3C)C3CC3)c2)cc(OC)n1. The Hall–Kier alpha value is -3.58. The molecule has 1 aliphatic carbocycles. The maximum atomic E-state index is 14.1. The van der Waals surface area contributed by atoms with Gasteiger partial charge < -0.3 is 24.4 Å². The van der Waals surface area contributed by atoms with Gasteiger partial charge >= 0.3 is 0 Å². The van der Waals surface area contributed by atoms with Gasteiger partial charge in [-0.05, 0) is 73.4 Å². The highest BCUT2D eigenvalue weighted by Crippen LogP contribution is 2.37. The molecule has 1 N–H and O–H groups in total. The van der Waals surface area contributed by atoms with E-state index in [1.807, 2.05) is 0 Å². The first-order valence-electron chi connectivity index (χ1n) is 13.8. The van der Waals surface area contributed by atoms with Crippen molar-refractivity contribution in [2.24, 2.45) is 5.92 Å². The number of nitrogens with one attached hydrogen (secondary N) is 1. The lowest BCUT2D eigenvalue weighted by Crippen LogP contribution is -2.47. The van der Waals surface area contributed by atoms with Gasteiger partial charge in [-0.2, -0.15) is 4.98 Å². The van der Waals surface area contributed by atoms with Crippen LogP contribution >= 0.6 is 0 Å². The molecular formula is C32H39N3O4. The Balaban J connectivity index is 1.33. The van der Waals surface area contributed by atoms with Crippen LogP contribution in [0.2, 0.25) is 0 Å². The van der Waals surface area contributed by atoms with E-state index < -0.39 is 0 Å². The molecule has 0 radical (unpaired) electrons. The summed E-state index contributed by atoms with van der Waals surface area (Å²) in [5.41, 5.74) is 6.06. The number of benzene rings is 2. The summed E-state index contributed by atoms with van der Waals surface area (Å²) in [6.45, 7) is 7.00. The first-order valence-corrected chi connectivity index (χ1v) is 13.8. The summed E-state index contributed by atoms with van der Waals surface area (Å²) in [6, 6.07) is 18.7. The Morgan fingerprint density at radius 2 is 1.74 bits per heavy atom. The molecule has 3 aromatic rings. The van der Waals surface area contributed by atoms with Crippen LogP contribution in [0.15, 0.2) is 54.6 Å². The highest BCUT2D eigenvalue weighted by molar-refractivity contribution is 5.81. The lowest BCUT2D eigenvalue weighted by atomic mass is 9.79. The number of piperidine rings is 1. The lowest BCUT2D eigenvalue weighted by molar-refractivity contribution is -0.138. The van der Waals surface area contributed by atoms with Crippen molar-refractivity contribution in [2.75, 3.05) is 27.3 Å². The van der Waals surface area contributed by atoms with Crippen molar-refractivity contribution in [2.45, 2.75) is 58.2 Å². The Morgan fingerprint density at radius 1 is 1.00 bits per heavy atom. The van der Waals surface area contributed by atoms with Gasteiger partial charge in [0.05, 0.1) is 20.1 Å². The van der Waals surface area contributed by atoms with Gasteiger partial charge in [-0.15, -0.1) is 0 Å². The summed E-state index contributed by atoms with van der Waals surface area (Å²) < 4.78 is 16.6. The number of carbonyl (C=O) groups is 1. The number of hydrogen-bond acceptors (Lipinski definition) is 6. The summed E-state index contributed by atoms with van der Waals surface area (Å²) in [7, 11) is 3.14. The monoisotopic (exact) mass is 529 g/mol. The van der Waals surface area contributed by atoms with Gasteiger partial charge in [-0.3, -0.25) is 4.79 Å². The molecule has 2 aliphatic rings. The smallest absolute Gasteiger partial charge is 0.228 e. The second-order valence-corrected chi connectivity index (χ2v) is 10.7. The summed E-state index contributed by atoms with van der Waals surface area (Å²) >= 11 is 0. The van der Waals surface area contributed by atoms with E-state index in [4.69, 9.17) is 14.2 Å². The Morgan fingerprint density at radius 3 is 2.46 bits per heavy atom. The number of carbonyl (C=O) groups excluding carboxylic acids is 1. The maximum Gasteiger partial charge on any atom is 0.228 e. The van der Waals surface area contributed by atoms with Crippen molar-refractivity contribution in [1.82, 2.24) is 15.2 Å². The summed E-state index contributed by atoms with van der Waals surface area (Å²) in [5.74, 6) is 1.86. The minimum absolute atomic E-state index is 0.0886. The average Bonchev–Trinajstić information content (AvgIpc) is 3.82. The molecule has 39 heavy (non-hydrogen) atoms. The van der Waals surface area contributed by atoms with Gasteiger partial charge in [0.2, 0.25) is 17.7 Å². The number of pyridine rings is 1. The number of rotatable bonds is 10. The van der Waals surface area contributed by atoms with Gasteiger partial charge in [0.25, 0.3) is 0 Å². The van der Waals surface area contributed by atoms with E-state index in [1.54, 1.807) is 26.4 Å². The van der Waals surface area contributed by atoms with E-state index in [9.17, 15) is 4.79 Å². The first kappa shape index (κ1) is 27.0. The molecule has 2 heterocycles. The van der Waals surface area contributed by atoms with Crippen LogP contribution in [-0.2, 0) is 17.9 Å². The number of amides is 1. The molecule has 0 spiro atoms.